The van der Waals surface area contributed by atoms with Crippen LogP contribution in [0.5, 0.6) is 0 Å². The summed E-state index contributed by atoms with van der Waals surface area (Å²) < 4.78 is 13.6. The summed E-state index contributed by atoms with van der Waals surface area (Å²) in [4.78, 5) is 26.3. The van der Waals surface area contributed by atoms with E-state index in [9.17, 15) is 14.0 Å². The van der Waals surface area contributed by atoms with Crippen molar-refractivity contribution in [3.63, 3.8) is 0 Å². The molecule has 0 aliphatic rings. The van der Waals surface area contributed by atoms with Crippen molar-refractivity contribution >= 4 is 33.6 Å². The van der Waals surface area contributed by atoms with Crippen LogP contribution in [0.25, 0.3) is 0 Å². The molecule has 7 heteroatoms. The molecule has 0 radical (unpaired) electrons. The molecule has 0 bridgehead atoms. The number of aromatic nitrogens is 1. The summed E-state index contributed by atoms with van der Waals surface area (Å²) in [7, 11) is 0. The average molecular weight is 339 g/mol. The molecule has 2 rings (SSSR count). The van der Waals surface area contributed by atoms with Gasteiger partial charge >= 0.3 is 5.97 Å². The van der Waals surface area contributed by atoms with E-state index < -0.39 is 17.7 Å². The standard InChI is InChI=1S/C13H8BrFN2O3/c14-9-3-1-7(5-10(9)15)12(18)17-11-4-2-8(6-16-11)13(19)20/h1-6H,(H,19,20)(H,16,17,18). The first kappa shape index (κ1) is 14.1. The fraction of sp³-hybridized carbons (Fsp3) is 0. The summed E-state index contributed by atoms with van der Waals surface area (Å²) in [5, 5.41) is 11.2. The maximum atomic E-state index is 13.3. The summed E-state index contributed by atoms with van der Waals surface area (Å²) in [5.74, 6) is -2.01. The highest BCUT2D eigenvalue weighted by Crippen LogP contribution is 2.17. The second-order valence-electron chi connectivity index (χ2n) is 3.82. The topological polar surface area (TPSA) is 79.3 Å². The zero-order valence-electron chi connectivity index (χ0n) is 9.93. The summed E-state index contributed by atoms with van der Waals surface area (Å²) in [6.45, 7) is 0. The van der Waals surface area contributed by atoms with Gasteiger partial charge in [0.05, 0.1) is 10.0 Å². The third kappa shape index (κ3) is 3.18. The molecule has 0 spiro atoms. The number of hydrogen-bond donors (Lipinski definition) is 2. The Labute approximate surface area is 121 Å². The molecule has 1 aromatic heterocycles. The molecule has 20 heavy (non-hydrogen) atoms. The van der Waals surface area contributed by atoms with Crippen LogP contribution in [0.2, 0.25) is 0 Å². The van der Waals surface area contributed by atoms with Gasteiger partial charge in [0.25, 0.3) is 5.91 Å². The van der Waals surface area contributed by atoms with Crippen LogP contribution < -0.4 is 5.32 Å². The van der Waals surface area contributed by atoms with Gasteiger partial charge in [0.2, 0.25) is 0 Å². The van der Waals surface area contributed by atoms with Gasteiger partial charge in [-0.05, 0) is 46.3 Å². The fourth-order valence-corrected chi connectivity index (χ4v) is 1.67. The molecule has 1 heterocycles. The zero-order chi connectivity index (χ0) is 14.7. The molecular weight excluding hydrogens is 331 g/mol. The normalized spacial score (nSPS) is 10.1. The molecule has 0 unspecified atom stereocenters. The van der Waals surface area contributed by atoms with E-state index in [0.29, 0.717) is 0 Å². The van der Waals surface area contributed by atoms with Crippen LogP contribution in [-0.4, -0.2) is 22.0 Å². The number of halogens is 2. The number of nitrogens with one attached hydrogen (secondary N) is 1. The number of carbonyl (C=O) groups is 2. The molecule has 0 aliphatic carbocycles. The summed E-state index contributed by atoms with van der Waals surface area (Å²) in [6.07, 6.45) is 1.13. The number of carbonyl (C=O) groups excluding carboxylic acids is 1. The smallest absolute Gasteiger partial charge is 0.337 e. The molecule has 2 aromatic rings. The lowest BCUT2D eigenvalue weighted by Crippen LogP contribution is -2.13. The van der Waals surface area contributed by atoms with E-state index in [-0.39, 0.29) is 21.4 Å². The highest BCUT2D eigenvalue weighted by Gasteiger charge is 2.10. The van der Waals surface area contributed by atoms with Gasteiger partial charge in [0.1, 0.15) is 11.6 Å². The van der Waals surface area contributed by atoms with Crippen LogP contribution in [0.4, 0.5) is 10.2 Å². The third-order valence-corrected chi connectivity index (χ3v) is 3.08. The van der Waals surface area contributed by atoms with Gasteiger partial charge in [0, 0.05) is 11.8 Å². The SMILES string of the molecule is O=C(O)c1ccc(NC(=O)c2ccc(Br)c(F)c2)nc1. The lowest BCUT2D eigenvalue weighted by atomic mass is 10.2. The van der Waals surface area contributed by atoms with Crippen molar-refractivity contribution in [3.8, 4) is 0 Å². The molecule has 0 saturated heterocycles. The van der Waals surface area contributed by atoms with Crippen molar-refractivity contribution in [2.24, 2.45) is 0 Å². The highest BCUT2D eigenvalue weighted by atomic mass is 79.9. The van der Waals surface area contributed by atoms with Crippen molar-refractivity contribution < 1.29 is 19.1 Å². The first-order valence-corrected chi connectivity index (χ1v) is 6.22. The Balaban J connectivity index is 2.14. The Morgan fingerprint density at radius 1 is 1.20 bits per heavy atom. The number of nitrogens with zero attached hydrogens (tertiary/aromatic N) is 1. The van der Waals surface area contributed by atoms with Crippen molar-refractivity contribution in [1.82, 2.24) is 4.98 Å². The van der Waals surface area contributed by atoms with Crippen LogP contribution in [-0.2, 0) is 0 Å². The van der Waals surface area contributed by atoms with Crippen LogP contribution in [0.3, 0.4) is 0 Å². The summed E-state index contributed by atoms with van der Waals surface area (Å²) >= 11 is 2.99. The molecule has 0 aliphatic heterocycles. The van der Waals surface area contributed by atoms with Gasteiger partial charge in [0.15, 0.2) is 0 Å². The lowest BCUT2D eigenvalue weighted by Gasteiger charge is -2.05. The zero-order valence-corrected chi connectivity index (χ0v) is 11.5. The number of rotatable bonds is 3. The maximum absolute atomic E-state index is 13.3. The van der Waals surface area contributed by atoms with E-state index in [1.165, 1.54) is 24.3 Å². The minimum Gasteiger partial charge on any atom is -0.478 e. The minimum atomic E-state index is -1.11. The van der Waals surface area contributed by atoms with Crippen LogP contribution in [0.1, 0.15) is 20.7 Å². The van der Waals surface area contributed by atoms with Gasteiger partial charge in [-0.1, -0.05) is 0 Å². The Kier molecular flexibility index (Phi) is 4.09. The van der Waals surface area contributed by atoms with E-state index in [1.54, 1.807) is 0 Å². The van der Waals surface area contributed by atoms with Crippen LogP contribution in [0, 0.1) is 5.82 Å². The van der Waals surface area contributed by atoms with Crippen molar-refractivity contribution in [2.75, 3.05) is 5.32 Å². The largest absolute Gasteiger partial charge is 0.478 e. The molecule has 0 atom stereocenters. The summed E-state index contributed by atoms with van der Waals surface area (Å²) in [6, 6.07) is 6.63. The van der Waals surface area contributed by atoms with Gasteiger partial charge in [-0.3, -0.25) is 4.79 Å². The predicted molar refractivity (Wildman–Crippen MR) is 73.2 cm³/mol. The van der Waals surface area contributed by atoms with Gasteiger partial charge < -0.3 is 10.4 Å². The quantitative estimate of drug-likeness (QED) is 0.901. The molecule has 5 nitrogen and oxygen atoms in total. The Hall–Kier alpha value is -2.28. The Bertz CT molecular complexity index is 674. The number of carboxylic acid groups (broad SMARTS) is 1. The molecule has 102 valence electrons. The first-order chi connectivity index (χ1) is 9.47. The van der Waals surface area contributed by atoms with E-state index in [0.717, 1.165) is 12.3 Å². The van der Waals surface area contributed by atoms with Crippen molar-refractivity contribution in [1.29, 1.82) is 0 Å². The summed E-state index contributed by atoms with van der Waals surface area (Å²) in [5.41, 5.74) is 0.146. The third-order valence-electron chi connectivity index (χ3n) is 2.43. The molecule has 0 saturated carbocycles. The molecule has 0 fully saturated rings. The van der Waals surface area contributed by atoms with E-state index >= 15 is 0 Å². The number of aromatic carboxylic acids is 1. The van der Waals surface area contributed by atoms with Crippen LogP contribution >= 0.6 is 15.9 Å². The minimum absolute atomic E-state index is 0.0117. The number of hydrogen-bond acceptors (Lipinski definition) is 3. The Morgan fingerprint density at radius 3 is 2.45 bits per heavy atom. The second kappa shape index (κ2) is 5.79. The molecule has 2 N–H and O–H groups in total. The molecular formula is C13H8BrFN2O3. The molecule has 1 amide bonds. The number of anilines is 1. The monoisotopic (exact) mass is 338 g/mol. The average Bonchev–Trinajstić information content (AvgIpc) is 2.42. The van der Waals surface area contributed by atoms with Crippen molar-refractivity contribution in [3.05, 3.63) is 57.9 Å². The van der Waals surface area contributed by atoms with E-state index in [4.69, 9.17) is 5.11 Å². The number of carboxylic acids is 1. The van der Waals surface area contributed by atoms with Gasteiger partial charge in [-0.15, -0.1) is 0 Å². The van der Waals surface area contributed by atoms with Gasteiger partial charge in [-0.2, -0.15) is 0 Å². The van der Waals surface area contributed by atoms with E-state index in [2.05, 4.69) is 26.2 Å². The number of pyridine rings is 1. The van der Waals surface area contributed by atoms with E-state index in [1.807, 2.05) is 0 Å². The number of amides is 1. The van der Waals surface area contributed by atoms with Gasteiger partial charge in [-0.25, -0.2) is 14.2 Å². The highest BCUT2D eigenvalue weighted by molar-refractivity contribution is 9.10. The molecule has 1 aromatic carbocycles. The lowest BCUT2D eigenvalue weighted by molar-refractivity contribution is 0.0696. The maximum Gasteiger partial charge on any atom is 0.337 e. The predicted octanol–water partition coefficient (Wildman–Crippen LogP) is 2.93. The fourth-order valence-electron chi connectivity index (χ4n) is 1.42. The first-order valence-electron chi connectivity index (χ1n) is 5.43. The number of benzene rings is 1. The van der Waals surface area contributed by atoms with Crippen molar-refractivity contribution in [2.45, 2.75) is 0 Å². The second-order valence-corrected chi connectivity index (χ2v) is 4.67. The Morgan fingerprint density at radius 2 is 1.90 bits per heavy atom. The van der Waals surface area contributed by atoms with Crippen LogP contribution in [0.15, 0.2) is 41.0 Å².